The molecule has 0 aliphatic carbocycles. The van der Waals surface area contributed by atoms with Gasteiger partial charge < -0.3 is 9.15 Å². The minimum atomic E-state index is -0.365. The molecule has 0 aliphatic rings. The summed E-state index contributed by atoms with van der Waals surface area (Å²) in [4.78, 5) is 17.0. The SMILES string of the molecule is CC(OC(=O)C(C)C)Sc1c(Cl)ccc2nc(C(C)(C)C)oc12. The Balaban J connectivity index is 2.34. The molecule has 4 nitrogen and oxygen atoms in total. The van der Waals surface area contributed by atoms with Gasteiger partial charge in [-0.3, -0.25) is 4.79 Å². The second-order valence-electron chi connectivity index (χ2n) is 6.77. The number of halogens is 1. The highest BCUT2D eigenvalue weighted by molar-refractivity contribution is 8.00. The maximum absolute atomic E-state index is 11.7. The first-order chi connectivity index (χ1) is 10.6. The molecule has 0 fully saturated rings. The van der Waals surface area contributed by atoms with Gasteiger partial charge in [0.2, 0.25) is 5.89 Å². The molecule has 0 amide bonds. The van der Waals surface area contributed by atoms with Crippen molar-refractivity contribution in [1.29, 1.82) is 0 Å². The van der Waals surface area contributed by atoms with E-state index in [-0.39, 0.29) is 22.7 Å². The number of benzene rings is 1. The molecule has 23 heavy (non-hydrogen) atoms. The molecule has 1 unspecified atom stereocenters. The number of aromatic nitrogens is 1. The molecule has 1 aromatic heterocycles. The third kappa shape index (κ3) is 4.21. The Bertz CT molecular complexity index is 718. The quantitative estimate of drug-likeness (QED) is 0.416. The van der Waals surface area contributed by atoms with Crippen LogP contribution in [0.5, 0.6) is 0 Å². The van der Waals surface area contributed by atoms with E-state index in [1.54, 1.807) is 19.9 Å². The molecule has 0 spiro atoms. The number of hydrogen-bond donors (Lipinski definition) is 0. The van der Waals surface area contributed by atoms with Crippen molar-refractivity contribution in [3.8, 4) is 0 Å². The summed E-state index contributed by atoms with van der Waals surface area (Å²) < 4.78 is 11.3. The van der Waals surface area contributed by atoms with Crippen LogP contribution in [0.4, 0.5) is 0 Å². The lowest BCUT2D eigenvalue weighted by Gasteiger charge is -2.15. The van der Waals surface area contributed by atoms with Crippen LogP contribution in [-0.2, 0) is 14.9 Å². The number of carbonyl (C=O) groups excluding carboxylic acids is 1. The molecular formula is C17H22ClNO3S. The number of thioether (sulfide) groups is 1. The Kier molecular flexibility index (Phi) is 5.31. The highest BCUT2D eigenvalue weighted by Crippen LogP contribution is 2.39. The standard InChI is InChI=1S/C17H22ClNO3S/c1-9(2)15(20)21-10(3)23-14-11(18)7-8-12-13(14)22-16(19-12)17(4,5)6/h7-10H,1-6H3. The molecule has 0 bridgehead atoms. The Hall–Kier alpha value is -1.20. The molecule has 0 saturated carbocycles. The number of esters is 1. The maximum Gasteiger partial charge on any atom is 0.309 e. The van der Waals surface area contributed by atoms with Gasteiger partial charge in [-0.2, -0.15) is 0 Å². The van der Waals surface area contributed by atoms with E-state index < -0.39 is 0 Å². The molecule has 126 valence electrons. The molecule has 0 aliphatic heterocycles. The average Bonchev–Trinajstić information content (AvgIpc) is 2.86. The first-order valence-corrected chi connectivity index (χ1v) is 8.82. The van der Waals surface area contributed by atoms with Gasteiger partial charge in [-0.05, 0) is 19.1 Å². The Morgan fingerprint density at radius 1 is 1.30 bits per heavy atom. The van der Waals surface area contributed by atoms with Crippen molar-refractivity contribution < 1.29 is 13.9 Å². The lowest BCUT2D eigenvalue weighted by atomic mass is 9.97. The van der Waals surface area contributed by atoms with E-state index in [1.165, 1.54) is 11.8 Å². The van der Waals surface area contributed by atoms with E-state index in [9.17, 15) is 4.79 Å². The molecule has 0 N–H and O–H groups in total. The lowest BCUT2D eigenvalue weighted by molar-refractivity contribution is -0.148. The van der Waals surface area contributed by atoms with Crippen molar-refractivity contribution in [2.45, 2.75) is 57.3 Å². The minimum Gasteiger partial charge on any atom is -0.451 e. The fourth-order valence-electron chi connectivity index (χ4n) is 1.86. The van der Waals surface area contributed by atoms with E-state index in [0.29, 0.717) is 16.5 Å². The number of rotatable bonds is 4. The Morgan fingerprint density at radius 2 is 1.96 bits per heavy atom. The summed E-state index contributed by atoms with van der Waals surface area (Å²) >= 11 is 7.68. The molecule has 1 heterocycles. The van der Waals surface area contributed by atoms with Crippen LogP contribution in [0.1, 0.15) is 47.4 Å². The summed E-state index contributed by atoms with van der Waals surface area (Å²) in [6, 6.07) is 3.63. The average molecular weight is 356 g/mol. The van der Waals surface area contributed by atoms with Crippen LogP contribution in [0.15, 0.2) is 21.4 Å². The number of ether oxygens (including phenoxy) is 1. The fourth-order valence-corrected chi connectivity index (χ4v) is 3.06. The van der Waals surface area contributed by atoms with E-state index in [2.05, 4.69) is 4.98 Å². The molecule has 0 saturated heterocycles. The summed E-state index contributed by atoms with van der Waals surface area (Å²) in [7, 11) is 0. The third-order valence-corrected chi connectivity index (χ3v) is 4.64. The summed E-state index contributed by atoms with van der Waals surface area (Å²) in [6.45, 7) is 11.6. The van der Waals surface area contributed by atoms with Gasteiger partial charge in [-0.1, -0.05) is 58.0 Å². The summed E-state index contributed by atoms with van der Waals surface area (Å²) in [5, 5.41) is 0.562. The van der Waals surface area contributed by atoms with Crippen LogP contribution in [0.25, 0.3) is 11.1 Å². The third-order valence-electron chi connectivity index (χ3n) is 3.14. The van der Waals surface area contributed by atoms with Crippen LogP contribution in [-0.4, -0.2) is 16.4 Å². The number of carbonyl (C=O) groups is 1. The smallest absolute Gasteiger partial charge is 0.309 e. The first kappa shape index (κ1) is 18.1. The van der Waals surface area contributed by atoms with Gasteiger partial charge in [-0.15, -0.1) is 0 Å². The predicted molar refractivity (Wildman–Crippen MR) is 94.0 cm³/mol. The largest absolute Gasteiger partial charge is 0.451 e. The monoisotopic (exact) mass is 355 g/mol. The molecule has 2 rings (SSSR count). The Morgan fingerprint density at radius 3 is 2.52 bits per heavy atom. The maximum atomic E-state index is 11.7. The first-order valence-electron chi connectivity index (χ1n) is 7.56. The van der Waals surface area contributed by atoms with Crippen LogP contribution < -0.4 is 0 Å². The highest BCUT2D eigenvalue weighted by atomic mass is 35.5. The van der Waals surface area contributed by atoms with E-state index in [0.717, 1.165) is 10.4 Å². The second-order valence-corrected chi connectivity index (χ2v) is 8.49. The van der Waals surface area contributed by atoms with Crippen LogP contribution in [0.3, 0.4) is 0 Å². The van der Waals surface area contributed by atoms with E-state index in [1.807, 2.05) is 33.8 Å². The van der Waals surface area contributed by atoms with Crippen molar-refractivity contribution in [3.05, 3.63) is 23.0 Å². The molecule has 6 heteroatoms. The molecule has 1 aromatic carbocycles. The second kappa shape index (κ2) is 6.73. The van der Waals surface area contributed by atoms with Gasteiger partial charge >= 0.3 is 5.97 Å². The fraction of sp³-hybridized carbons (Fsp3) is 0.529. The molecular weight excluding hydrogens is 334 g/mol. The zero-order chi connectivity index (χ0) is 17.4. The molecule has 0 radical (unpaired) electrons. The van der Waals surface area contributed by atoms with Crippen LogP contribution in [0.2, 0.25) is 5.02 Å². The zero-order valence-electron chi connectivity index (χ0n) is 14.3. The highest BCUT2D eigenvalue weighted by Gasteiger charge is 2.24. The van der Waals surface area contributed by atoms with Gasteiger partial charge in [0, 0.05) is 5.41 Å². The van der Waals surface area contributed by atoms with Gasteiger partial charge in [0.25, 0.3) is 0 Å². The van der Waals surface area contributed by atoms with Gasteiger partial charge in [0.15, 0.2) is 5.58 Å². The van der Waals surface area contributed by atoms with Crippen molar-refractivity contribution in [3.63, 3.8) is 0 Å². The van der Waals surface area contributed by atoms with Crippen molar-refractivity contribution in [2.24, 2.45) is 5.92 Å². The molecule has 1 atom stereocenters. The normalized spacial score (nSPS) is 13.6. The zero-order valence-corrected chi connectivity index (χ0v) is 15.8. The van der Waals surface area contributed by atoms with Gasteiger partial charge in [-0.25, -0.2) is 4.98 Å². The number of nitrogens with zero attached hydrogens (tertiary/aromatic N) is 1. The van der Waals surface area contributed by atoms with Crippen LogP contribution in [0, 0.1) is 5.92 Å². The van der Waals surface area contributed by atoms with Crippen molar-refractivity contribution in [2.75, 3.05) is 0 Å². The van der Waals surface area contributed by atoms with Gasteiger partial charge in [0.1, 0.15) is 11.0 Å². The van der Waals surface area contributed by atoms with E-state index >= 15 is 0 Å². The topological polar surface area (TPSA) is 52.3 Å². The number of oxazole rings is 1. The van der Waals surface area contributed by atoms with E-state index in [4.69, 9.17) is 20.8 Å². The lowest BCUT2D eigenvalue weighted by Crippen LogP contribution is -2.16. The van der Waals surface area contributed by atoms with Crippen molar-refractivity contribution >= 4 is 40.4 Å². The Labute approximate surface area is 145 Å². The number of hydrogen-bond acceptors (Lipinski definition) is 5. The van der Waals surface area contributed by atoms with Gasteiger partial charge in [0.05, 0.1) is 15.8 Å². The summed E-state index contributed by atoms with van der Waals surface area (Å²) in [6.07, 6.45) is 0. The summed E-state index contributed by atoms with van der Waals surface area (Å²) in [5.74, 6) is 0.256. The van der Waals surface area contributed by atoms with Crippen molar-refractivity contribution in [1.82, 2.24) is 4.98 Å². The number of fused-ring (bicyclic) bond motifs is 1. The summed E-state index contributed by atoms with van der Waals surface area (Å²) in [5.41, 5.74) is 0.837. The predicted octanol–water partition coefficient (Wildman–Crippen LogP) is 5.42. The minimum absolute atomic E-state index is 0.165. The van der Waals surface area contributed by atoms with Crippen LogP contribution >= 0.6 is 23.4 Å². The molecule has 2 aromatic rings.